The van der Waals surface area contributed by atoms with Crippen LogP contribution in [0.2, 0.25) is 0 Å². The number of ether oxygens (including phenoxy) is 2. The molecule has 1 aliphatic carbocycles. The minimum atomic E-state index is 0.323. The summed E-state index contributed by atoms with van der Waals surface area (Å²) in [6.45, 7) is 4.22. The summed E-state index contributed by atoms with van der Waals surface area (Å²) in [5.74, 6) is 2.12. The van der Waals surface area contributed by atoms with Crippen molar-refractivity contribution in [2.45, 2.75) is 39.2 Å². The highest BCUT2D eigenvalue weighted by molar-refractivity contribution is 5.17. The van der Waals surface area contributed by atoms with E-state index in [2.05, 4.69) is 13.8 Å². The zero-order valence-electron chi connectivity index (χ0n) is 8.67. The molecule has 0 aliphatic heterocycles. The van der Waals surface area contributed by atoms with Gasteiger partial charge in [-0.05, 0) is 25.5 Å². The van der Waals surface area contributed by atoms with E-state index in [1.807, 2.05) is 12.2 Å². The van der Waals surface area contributed by atoms with Crippen LogP contribution >= 0.6 is 0 Å². The molecule has 0 fully saturated rings. The van der Waals surface area contributed by atoms with E-state index in [9.17, 15) is 0 Å². The van der Waals surface area contributed by atoms with Crippen LogP contribution in [0.5, 0.6) is 0 Å². The normalized spacial score (nSPS) is 18.7. The third kappa shape index (κ3) is 3.13. The van der Waals surface area contributed by atoms with Crippen LogP contribution in [0.25, 0.3) is 0 Å². The molecule has 1 unspecified atom stereocenters. The molecule has 0 aromatic rings. The molecule has 0 spiro atoms. The van der Waals surface area contributed by atoms with Crippen LogP contribution in [0.4, 0.5) is 0 Å². The average molecular weight is 182 g/mol. The van der Waals surface area contributed by atoms with E-state index in [1.165, 1.54) is 0 Å². The molecule has 0 heterocycles. The van der Waals surface area contributed by atoms with E-state index in [0.717, 1.165) is 30.8 Å². The summed E-state index contributed by atoms with van der Waals surface area (Å²) in [5.41, 5.74) is 0. The zero-order valence-corrected chi connectivity index (χ0v) is 8.67. The molecule has 0 radical (unpaired) electrons. The molecule has 0 bridgehead atoms. The SMILES string of the molecule is CCC(C)OC1=CC=C(OC)CC1. The van der Waals surface area contributed by atoms with Crippen molar-refractivity contribution in [3.63, 3.8) is 0 Å². The van der Waals surface area contributed by atoms with Crippen LogP contribution in [-0.4, -0.2) is 13.2 Å². The summed E-state index contributed by atoms with van der Waals surface area (Å²) in [7, 11) is 1.71. The molecule has 2 nitrogen and oxygen atoms in total. The van der Waals surface area contributed by atoms with Crippen LogP contribution in [0.15, 0.2) is 23.7 Å². The minimum absolute atomic E-state index is 0.323. The highest BCUT2D eigenvalue weighted by Crippen LogP contribution is 2.20. The van der Waals surface area contributed by atoms with Gasteiger partial charge in [0.25, 0.3) is 0 Å². The molecule has 13 heavy (non-hydrogen) atoms. The van der Waals surface area contributed by atoms with Gasteiger partial charge < -0.3 is 9.47 Å². The molecule has 1 aliphatic rings. The topological polar surface area (TPSA) is 18.5 Å². The zero-order chi connectivity index (χ0) is 9.68. The Morgan fingerprint density at radius 3 is 2.38 bits per heavy atom. The Hall–Kier alpha value is -0.920. The average Bonchev–Trinajstić information content (AvgIpc) is 2.19. The fraction of sp³-hybridized carbons (Fsp3) is 0.636. The second-order valence-electron chi connectivity index (χ2n) is 3.31. The quantitative estimate of drug-likeness (QED) is 0.665. The molecule has 0 amide bonds. The van der Waals surface area contributed by atoms with Crippen LogP contribution in [-0.2, 0) is 9.47 Å². The highest BCUT2D eigenvalue weighted by atomic mass is 16.5. The lowest BCUT2D eigenvalue weighted by Gasteiger charge is -2.18. The molecule has 0 N–H and O–H groups in total. The van der Waals surface area contributed by atoms with Gasteiger partial charge in [0.1, 0.15) is 0 Å². The van der Waals surface area contributed by atoms with Gasteiger partial charge in [0.2, 0.25) is 0 Å². The molecule has 0 saturated carbocycles. The second-order valence-corrected chi connectivity index (χ2v) is 3.31. The standard InChI is InChI=1S/C11H18O2/c1-4-9(2)13-11-7-5-10(12-3)6-8-11/h5,7,9H,4,6,8H2,1-3H3. The molecular weight excluding hydrogens is 164 g/mol. The van der Waals surface area contributed by atoms with Crippen molar-refractivity contribution in [1.82, 2.24) is 0 Å². The van der Waals surface area contributed by atoms with Gasteiger partial charge in [0.05, 0.1) is 24.7 Å². The number of rotatable bonds is 4. The number of hydrogen-bond acceptors (Lipinski definition) is 2. The summed E-state index contributed by atoms with van der Waals surface area (Å²) in [6.07, 6.45) is 7.29. The molecule has 1 atom stereocenters. The second kappa shape index (κ2) is 4.95. The maximum atomic E-state index is 5.69. The first kappa shape index (κ1) is 10.2. The Morgan fingerprint density at radius 1 is 1.31 bits per heavy atom. The van der Waals surface area contributed by atoms with E-state index in [0.29, 0.717) is 6.10 Å². The highest BCUT2D eigenvalue weighted by Gasteiger charge is 2.09. The van der Waals surface area contributed by atoms with E-state index in [-0.39, 0.29) is 0 Å². The van der Waals surface area contributed by atoms with Crippen LogP contribution in [0, 0.1) is 0 Å². The van der Waals surface area contributed by atoms with Crippen molar-refractivity contribution in [2.75, 3.05) is 7.11 Å². The first-order valence-corrected chi connectivity index (χ1v) is 4.86. The molecule has 74 valence electrons. The lowest BCUT2D eigenvalue weighted by atomic mass is 10.1. The fourth-order valence-corrected chi connectivity index (χ4v) is 1.21. The van der Waals surface area contributed by atoms with Crippen LogP contribution in [0.3, 0.4) is 0 Å². The van der Waals surface area contributed by atoms with Crippen molar-refractivity contribution < 1.29 is 9.47 Å². The Balaban J connectivity index is 2.45. The van der Waals surface area contributed by atoms with Gasteiger partial charge in [-0.15, -0.1) is 0 Å². The Kier molecular flexibility index (Phi) is 3.87. The molecule has 0 aromatic heterocycles. The van der Waals surface area contributed by atoms with Crippen molar-refractivity contribution >= 4 is 0 Å². The predicted molar refractivity (Wildman–Crippen MR) is 53.2 cm³/mol. The van der Waals surface area contributed by atoms with Gasteiger partial charge in [-0.3, -0.25) is 0 Å². The summed E-state index contributed by atoms with van der Waals surface area (Å²) < 4.78 is 10.8. The van der Waals surface area contributed by atoms with Crippen LogP contribution < -0.4 is 0 Å². The molecule has 1 rings (SSSR count). The van der Waals surface area contributed by atoms with Gasteiger partial charge in [-0.2, -0.15) is 0 Å². The maximum Gasteiger partial charge on any atom is 0.0969 e. The summed E-state index contributed by atoms with van der Waals surface area (Å²) in [5, 5.41) is 0. The number of allylic oxidation sites excluding steroid dienone is 4. The van der Waals surface area contributed by atoms with Crippen molar-refractivity contribution in [1.29, 1.82) is 0 Å². The van der Waals surface area contributed by atoms with Crippen LogP contribution in [0.1, 0.15) is 33.1 Å². The summed E-state index contributed by atoms with van der Waals surface area (Å²) >= 11 is 0. The third-order valence-electron chi connectivity index (χ3n) is 2.26. The van der Waals surface area contributed by atoms with Gasteiger partial charge in [0, 0.05) is 12.8 Å². The predicted octanol–water partition coefficient (Wildman–Crippen LogP) is 3.01. The Morgan fingerprint density at radius 2 is 1.92 bits per heavy atom. The van der Waals surface area contributed by atoms with Gasteiger partial charge >= 0.3 is 0 Å². The van der Waals surface area contributed by atoms with E-state index in [4.69, 9.17) is 9.47 Å². The van der Waals surface area contributed by atoms with E-state index in [1.54, 1.807) is 7.11 Å². The third-order valence-corrected chi connectivity index (χ3v) is 2.26. The lowest BCUT2D eigenvalue weighted by molar-refractivity contribution is 0.117. The monoisotopic (exact) mass is 182 g/mol. The molecule has 0 aromatic carbocycles. The Bertz CT molecular complexity index is 216. The first-order valence-electron chi connectivity index (χ1n) is 4.86. The molecule has 0 saturated heterocycles. The van der Waals surface area contributed by atoms with Gasteiger partial charge in [-0.1, -0.05) is 6.92 Å². The smallest absolute Gasteiger partial charge is 0.0969 e. The largest absolute Gasteiger partial charge is 0.501 e. The lowest BCUT2D eigenvalue weighted by Crippen LogP contribution is -2.08. The molecular formula is C11H18O2. The summed E-state index contributed by atoms with van der Waals surface area (Å²) in [6, 6.07) is 0. The fourth-order valence-electron chi connectivity index (χ4n) is 1.21. The minimum Gasteiger partial charge on any atom is -0.501 e. The van der Waals surface area contributed by atoms with E-state index >= 15 is 0 Å². The molecule has 2 heteroatoms. The van der Waals surface area contributed by atoms with Crippen molar-refractivity contribution in [3.8, 4) is 0 Å². The van der Waals surface area contributed by atoms with Gasteiger partial charge in [-0.25, -0.2) is 0 Å². The summed E-state index contributed by atoms with van der Waals surface area (Å²) in [4.78, 5) is 0. The number of hydrogen-bond donors (Lipinski definition) is 0. The maximum absolute atomic E-state index is 5.69. The van der Waals surface area contributed by atoms with Crippen molar-refractivity contribution in [2.24, 2.45) is 0 Å². The number of methoxy groups -OCH3 is 1. The van der Waals surface area contributed by atoms with Gasteiger partial charge in [0.15, 0.2) is 0 Å². The first-order chi connectivity index (χ1) is 6.26. The van der Waals surface area contributed by atoms with Crippen molar-refractivity contribution in [3.05, 3.63) is 23.7 Å². The van der Waals surface area contributed by atoms with E-state index < -0.39 is 0 Å². The Labute approximate surface area is 80.2 Å².